The van der Waals surface area contributed by atoms with Gasteiger partial charge in [0.15, 0.2) is 0 Å². The highest BCUT2D eigenvalue weighted by Gasteiger charge is 2.36. The van der Waals surface area contributed by atoms with Crippen LogP contribution in [0.25, 0.3) is 10.2 Å². The minimum Gasteiger partial charge on any atom is -0.241 e. The molecule has 2 aliphatic rings. The average Bonchev–Trinajstić information content (AvgIpc) is 3.28. The van der Waals surface area contributed by atoms with Gasteiger partial charge in [0.1, 0.15) is 0 Å². The zero-order valence-electron chi connectivity index (χ0n) is 20.0. The number of benzene rings is 2. The number of nitrogens with zero attached hydrogens (tertiary/aromatic N) is 3. The molecule has 0 radical (unpaired) electrons. The van der Waals surface area contributed by atoms with E-state index in [0.29, 0.717) is 13.1 Å². The van der Waals surface area contributed by atoms with E-state index in [-0.39, 0.29) is 27.8 Å². The molecule has 2 aromatic carbocycles. The van der Waals surface area contributed by atoms with Gasteiger partial charge in [0.05, 0.1) is 25.0 Å². The molecule has 0 saturated carbocycles. The summed E-state index contributed by atoms with van der Waals surface area (Å²) in [5, 5.41) is 1.07. The highest BCUT2D eigenvalue weighted by Crippen LogP contribution is 2.35. The van der Waals surface area contributed by atoms with Crippen LogP contribution in [-0.4, -0.2) is 55.6 Å². The molecule has 2 atom stereocenters. The minimum atomic E-state index is -3.69. The molecule has 5 rings (SSSR count). The second-order valence-electron chi connectivity index (χ2n) is 9.63. The van der Waals surface area contributed by atoms with Gasteiger partial charge in [-0.3, -0.25) is 0 Å². The monoisotopic (exact) mass is 533 g/mol. The van der Waals surface area contributed by atoms with Crippen molar-refractivity contribution in [1.82, 2.24) is 13.6 Å². The van der Waals surface area contributed by atoms with Gasteiger partial charge < -0.3 is 0 Å². The van der Waals surface area contributed by atoms with Gasteiger partial charge in [-0.2, -0.15) is 8.61 Å². The summed E-state index contributed by atoms with van der Waals surface area (Å²) in [4.78, 5) is 5.03. The smallest absolute Gasteiger partial charge is 0.241 e. The molecule has 35 heavy (non-hydrogen) atoms. The maximum atomic E-state index is 13.3. The third kappa shape index (κ3) is 4.67. The fourth-order valence-corrected chi connectivity index (χ4v) is 9.82. The van der Waals surface area contributed by atoms with Crippen molar-refractivity contribution in [1.29, 1.82) is 0 Å². The van der Waals surface area contributed by atoms with E-state index in [4.69, 9.17) is 4.98 Å². The number of sulfonamides is 2. The van der Waals surface area contributed by atoms with Gasteiger partial charge in [0, 0.05) is 31.1 Å². The van der Waals surface area contributed by atoms with E-state index in [0.717, 1.165) is 47.3 Å². The predicted octanol–water partition coefficient (Wildman–Crippen LogP) is 4.82. The second-order valence-corrected chi connectivity index (χ2v) is 14.5. The average molecular weight is 534 g/mol. The van der Waals surface area contributed by atoms with Crippen molar-refractivity contribution >= 4 is 41.6 Å². The molecule has 188 valence electrons. The van der Waals surface area contributed by atoms with E-state index in [2.05, 4.69) is 6.07 Å². The molecule has 0 amide bonds. The number of fused-ring (bicyclic) bond motifs is 1. The maximum absolute atomic E-state index is 13.3. The lowest BCUT2D eigenvalue weighted by Crippen LogP contribution is -2.47. The van der Waals surface area contributed by atoms with Crippen molar-refractivity contribution in [2.45, 2.75) is 73.7 Å². The molecule has 2 fully saturated rings. The van der Waals surface area contributed by atoms with Crippen LogP contribution in [0.15, 0.2) is 58.3 Å². The summed E-state index contributed by atoms with van der Waals surface area (Å²) >= 11 is 1.68. The first-order chi connectivity index (χ1) is 16.7. The molecule has 2 aliphatic heterocycles. The molecule has 2 saturated heterocycles. The van der Waals surface area contributed by atoms with Gasteiger partial charge in [-0.1, -0.05) is 18.6 Å². The number of aromatic nitrogens is 1. The van der Waals surface area contributed by atoms with Crippen LogP contribution in [0.3, 0.4) is 0 Å². The summed E-state index contributed by atoms with van der Waals surface area (Å²) in [6.07, 6.45) is 4.12. The summed E-state index contributed by atoms with van der Waals surface area (Å²) in [5.41, 5.74) is 0.992. The maximum Gasteiger partial charge on any atom is 0.243 e. The topological polar surface area (TPSA) is 87.7 Å². The van der Waals surface area contributed by atoms with Gasteiger partial charge >= 0.3 is 0 Å². The molecule has 7 nitrogen and oxygen atoms in total. The predicted molar refractivity (Wildman–Crippen MR) is 139 cm³/mol. The normalized spacial score (nSPS) is 23.6. The fourth-order valence-electron chi connectivity index (χ4n) is 5.33. The molecule has 0 unspecified atom stereocenters. The number of hydrogen-bond acceptors (Lipinski definition) is 6. The summed E-state index contributed by atoms with van der Waals surface area (Å²) in [6.45, 7) is 4.71. The van der Waals surface area contributed by atoms with E-state index < -0.39 is 20.0 Å². The van der Waals surface area contributed by atoms with E-state index in [9.17, 15) is 16.8 Å². The Balaban J connectivity index is 1.29. The van der Waals surface area contributed by atoms with E-state index in [1.54, 1.807) is 15.6 Å². The Labute approximate surface area is 211 Å². The van der Waals surface area contributed by atoms with Crippen LogP contribution in [0, 0.1) is 0 Å². The van der Waals surface area contributed by atoms with Gasteiger partial charge in [-0.25, -0.2) is 21.8 Å². The van der Waals surface area contributed by atoms with Crippen molar-refractivity contribution in [2.24, 2.45) is 0 Å². The SMILES string of the molecule is C[C@@H]1CCC[C@H](C)N1S(=O)(=O)c1ccc(S(=O)(=O)N2CCC(c3nc4ccccc4s3)CC2)cc1. The Hall–Kier alpha value is -1.85. The van der Waals surface area contributed by atoms with E-state index >= 15 is 0 Å². The Morgan fingerprint density at radius 2 is 1.37 bits per heavy atom. The zero-order valence-corrected chi connectivity index (χ0v) is 22.4. The van der Waals surface area contributed by atoms with Gasteiger partial charge in [-0.15, -0.1) is 11.3 Å². The second kappa shape index (κ2) is 9.55. The van der Waals surface area contributed by atoms with Gasteiger partial charge in [0.25, 0.3) is 0 Å². The highest BCUT2D eigenvalue weighted by atomic mass is 32.2. The Kier molecular flexibility index (Phi) is 6.78. The standard InChI is InChI=1S/C25H31N3O4S3/c1-18-6-5-7-19(2)28(18)35(31,32)22-12-10-21(11-13-22)34(29,30)27-16-14-20(15-17-27)25-26-23-8-3-4-9-24(23)33-25/h3-4,8-13,18-20H,5-7,14-17H2,1-2H3/t18-,19+. The van der Waals surface area contributed by atoms with Crippen molar-refractivity contribution in [3.05, 3.63) is 53.5 Å². The third-order valence-electron chi connectivity index (χ3n) is 7.26. The van der Waals surface area contributed by atoms with Gasteiger partial charge in [0.2, 0.25) is 20.0 Å². The van der Waals surface area contributed by atoms with Crippen LogP contribution >= 0.6 is 11.3 Å². The summed E-state index contributed by atoms with van der Waals surface area (Å²) in [5.74, 6) is 0.250. The van der Waals surface area contributed by atoms with Gasteiger partial charge in [-0.05, 0) is 75.9 Å². The summed E-state index contributed by atoms with van der Waals surface area (Å²) in [6, 6.07) is 13.6. The molecular weight excluding hydrogens is 502 g/mol. The lowest BCUT2D eigenvalue weighted by atomic mass is 9.99. The first kappa shape index (κ1) is 24.8. The minimum absolute atomic E-state index is 0.0658. The summed E-state index contributed by atoms with van der Waals surface area (Å²) < 4.78 is 57.4. The molecule has 0 aliphatic carbocycles. The number of hydrogen-bond donors (Lipinski definition) is 0. The van der Waals surface area contributed by atoms with Crippen molar-refractivity contribution in [2.75, 3.05) is 13.1 Å². The van der Waals surface area contributed by atoms with Crippen molar-refractivity contribution in [3.8, 4) is 0 Å². The molecular formula is C25H31N3O4S3. The van der Waals surface area contributed by atoms with Crippen LogP contribution in [-0.2, 0) is 20.0 Å². The molecule has 1 aromatic heterocycles. The number of piperidine rings is 2. The Morgan fingerprint density at radius 3 is 1.97 bits per heavy atom. The van der Waals surface area contributed by atoms with Crippen LogP contribution in [0.1, 0.15) is 56.9 Å². The molecule has 3 aromatic rings. The molecule has 10 heteroatoms. The van der Waals surface area contributed by atoms with Crippen molar-refractivity contribution in [3.63, 3.8) is 0 Å². The fraction of sp³-hybridized carbons (Fsp3) is 0.480. The van der Waals surface area contributed by atoms with E-state index in [1.807, 2.05) is 32.0 Å². The lowest BCUT2D eigenvalue weighted by molar-refractivity contribution is 0.204. The Bertz CT molecular complexity index is 1370. The van der Waals surface area contributed by atoms with Crippen LogP contribution in [0.2, 0.25) is 0 Å². The quantitative estimate of drug-likeness (QED) is 0.469. The van der Waals surface area contributed by atoms with Crippen LogP contribution in [0.5, 0.6) is 0 Å². The number of rotatable bonds is 5. The van der Waals surface area contributed by atoms with Crippen molar-refractivity contribution < 1.29 is 16.8 Å². The number of thiazole rings is 1. The lowest BCUT2D eigenvalue weighted by Gasteiger charge is -2.37. The summed E-state index contributed by atoms with van der Waals surface area (Å²) in [7, 11) is -7.37. The molecule has 3 heterocycles. The highest BCUT2D eigenvalue weighted by molar-refractivity contribution is 7.89. The Morgan fingerprint density at radius 1 is 0.800 bits per heavy atom. The molecule has 0 N–H and O–H groups in total. The van der Waals surface area contributed by atoms with E-state index in [1.165, 1.54) is 28.6 Å². The third-order valence-corrected chi connectivity index (χ3v) is 12.5. The zero-order chi connectivity index (χ0) is 24.8. The first-order valence-corrected chi connectivity index (χ1v) is 15.9. The molecule has 0 bridgehead atoms. The molecule has 0 spiro atoms. The largest absolute Gasteiger partial charge is 0.243 e. The first-order valence-electron chi connectivity index (χ1n) is 12.2. The van der Waals surface area contributed by atoms with Crippen LogP contribution in [0.4, 0.5) is 0 Å². The van der Waals surface area contributed by atoms with Crippen LogP contribution < -0.4 is 0 Å². The number of para-hydroxylation sites is 1.